The molecule has 0 aliphatic heterocycles. The van der Waals surface area contributed by atoms with E-state index in [9.17, 15) is 18.0 Å². The molecule has 1 aliphatic carbocycles. The smallest absolute Gasteiger partial charge is 0.261 e. The summed E-state index contributed by atoms with van der Waals surface area (Å²) in [7, 11) is -2.27. The third kappa shape index (κ3) is 6.04. The fourth-order valence-electron chi connectivity index (χ4n) is 3.45. The second kappa shape index (κ2) is 10.4. The number of methoxy groups -OCH3 is 1. The number of nitrogens with zero attached hydrogens (tertiary/aromatic N) is 4. The summed E-state index contributed by atoms with van der Waals surface area (Å²) in [6.45, 7) is -5.01. The van der Waals surface area contributed by atoms with E-state index in [1.807, 2.05) is 0 Å². The Bertz CT molecular complexity index is 1590. The fraction of sp³-hybridized carbons (Fsp3) is 0.348. The number of nitrogens with one attached hydrogen (secondary N) is 1. The van der Waals surface area contributed by atoms with Crippen LogP contribution in [0.15, 0.2) is 36.8 Å². The number of aromatic nitrogens is 4. The maximum atomic E-state index is 12.9. The van der Waals surface area contributed by atoms with Gasteiger partial charge in [0.25, 0.3) is 10.1 Å². The number of anilines is 2. The van der Waals surface area contributed by atoms with Gasteiger partial charge in [0.1, 0.15) is 6.33 Å². The van der Waals surface area contributed by atoms with Crippen LogP contribution >= 0.6 is 0 Å². The van der Waals surface area contributed by atoms with Gasteiger partial charge in [-0.25, -0.2) is 4.98 Å². The number of rotatable bonds is 8. The predicted octanol–water partition coefficient (Wildman–Crippen LogP) is 2.24. The third-order valence-corrected chi connectivity index (χ3v) is 5.30. The van der Waals surface area contributed by atoms with Crippen molar-refractivity contribution in [3.05, 3.63) is 48.0 Å². The Morgan fingerprint density at radius 1 is 1.31 bits per heavy atom. The first-order valence-electron chi connectivity index (χ1n) is 13.4. The molecule has 1 aliphatic rings. The molecule has 0 bridgehead atoms. The molecule has 4 rings (SSSR count). The van der Waals surface area contributed by atoms with Gasteiger partial charge in [-0.2, -0.15) is 13.5 Å². The Morgan fingerprint density at radius 2 is 2.03 bits per heavy atom. The van der Waals surface area contributed by atoms with Crippen LogP contribution < -0.4 is 15.8 Å². The van der Waals surface area contributed by atoms with Crippen LogP contribution in [0.3, 0.4) is 0 Å². The number of carbonyl (C=O) groups excluding carboxylic acids is 2. The maximum Gasteiger partial charge on any atom is 0.261 e. The van der Waals surface area contributed by atoms with Crippen molar-refractivity contribution < 1.29 is 35.5 Å². The predicted molar refractivity (Wildman–Crippen MR) is 133 cm³/mol. The van der Waals surface area contributed by atoms with E-state index < -0.39 is 47.5 Å². The van der Waals surface area contributed by atoms with Crippen molar-refractivity contribution in [1.29, 1.82) is 0 Å². The fourth-order valence-corrected chi connectivity index (χ4v) is 3.45. The highest BCUT2D eigenvalue weighted by molar-refractivity contribution is 7.85. The first-order valence-corrected chi connectivity index (χ1v) is 12.2. The number of benzene rings is 1. The zero-order chi connectivity index (χ0) is 31.7. The maximum absolute atomic E-state index is 12.9. The third-order valence-electron chi connectivity index (χ3n) is 5.30. The molecule has 192 valence electrons. The highest BCUT2D eigenvalue weighted by atomic mass is 32.2. The SMILES string of the molecule is CS(=O)(=O)O.[2H]C([2H])([2H])CC(=O)c1cnc(C2(C(N)=O)CC2)cc1Nc1cccc(-c2ncn(C([2H])([2H])[2H])n2)c1OC. The number of hydrogen-bond acceptors (Lipinski definition) is 9. The number of Topliss-reactive ketones (excluding diaryl/α,β-unsaturated/α-hetero) is 1. The van der Waals surface area contributed by atoms with Crippen LogP contribution in [0, 0.1) is 0 Å². The van der Waals surface area contributed by atoms with Gasteiger partial charge in [-0.05, 0) is 31.0 Å². The van der Waals surface area contributed by atoms with Crippen LogP contribution in [-0.2, 0) is 27.3 Å². The number of ether oxygens (including phenoxy) is 1. The quantitative estimate of drug-likeness (QED) is 0.293. The van der Waals surface area contributed by atoms with Gasteiger partial charge in [-0.3, -0.25) is 23.8 Å². The summed E-state index contributed by atoms with van der Waals surface area (Å²) in [5.74, 6) is -0.868. The number of primary amides is 1. The van der Waals surface area contributed by atoms with Gasteiger partial charge in [0.2, 0.25) is 5.91 Å². The van der Waals surface area contributed by atoms with E-state index in [1.54, 1.807) is 18.2 Å². The molecule has 2 aromatic heterocycles. The molecule has 1 aromatic carbocycles. The number of para-hydroxylation sites is 1. The second-order valence-electron chi connectivity index (χ2n) is 7.92. The minimum atomic E-state index is -3.67. The van der Waals surface area contributed by atoms with E-state index in [-0.39, 0.29) is 22.8 Å². The van der Waals surface area contributed by atoms with Crippen molar-refractivity contribution in [1.82, 2.24) is 19.7 Å². The number of pyridine rings is 1. The molecule has 13 heteroatoms. The van der Waals surface area contributed by atoms with Crippen LogP contribution in [0.5, 0.6) is 5.75 Å². The monoisotopic (exact) mass is 522 g/mol. The Labute approximate surface area is 217 Å². The summed E-state index contributed by atoms with van der Waals surface area (Å²) in [6.07, 6.45) is 3.35. The average Bonchev–Trinajstić information content (AvgIpc) is 3.50. The van der Waals surface area contributed by atoms with Crippen molar-refractivity contribution >= 4 is 33.2 Å². The molecule has 1 fully saturated rings. The van der Waals surface area contributed by atoms with E-state index >= 15 is 0 Å². The number of nitrogens with two attached hydrogens (primary N) is 1. The molecule has 1 amide bonds. The molecule has 2 heterocycles. The topological polar surface area (TPSA) is 179 Å². The number of amides is 1. The number of carbonyl (C=O) groups is 2. The molecule has 0 atom stereocenters. The van der Waals surface area contributed by atoms with E-state index in [1.165, 1.54) is 19.4 Å². The number of hydrogen-bond donors (Lipinski definition) is 3. The van der Waals surface area contributed by atoms with Crippen LogP contribution in [-0.4, -0.2) is 57.8 Å². The summed E-state index contributed by atoms with van der Waals surface area (Å²) < 4.78 is 77.2. The normalized spacial score (nSPS) is 17.0. The van der Waals surface area contributed by atoms with Gasteiger partial charge >= 0.3 is 0 Å². The van der Waals surface area contributed by atoms with Gasteiger partial charge in [0.05, 0.1) is 47.0 Å². The standard InChI is InChI=1S/C22H24N6O3.CH4O3S/c1-4-17(29)14-11-24-18(22(8-9-22)21(23)30)10-16(14)26-15-7-5-6-13(19(15)31-3)20-25-12-28(2)27-20;1-5(2,3)4/h5-7,10-12H,4,8-9H2,1-3H3,(H2,23,30)(H,24,26);1H3,(H,2,3,4)/i1D3,2D3;. The summed E-state index contributed by atoms with van der Waals surface area (Å²) in [4.78, 5) is 33.3. The van der Waals surface area contributed by atoms with Gasteiger partial charge in [0, 0.05) is 27.8 Å². The summed E-state index contributed by atoms with van der Waals surface area (Å²) in [5.41, 5.74) is 5.96. The van der Waals surface area contributed by atoms with Gasteiger partial charge in [0.15, 0.2) is 17.4 Å². The van der Waals surface area contributed by atoms with Crippen molar-refractivity contribution in [2.75, 3.05) is 18.7 Å². The largest absolute Gasteiger partial charge is 0.494 e. The Balaban J connectivity index is 0.000000892. The lowest BCUT2D eigenvalue weighted by atomic mass is 9.98. The summed E-state index contributed by atoms with van der Waals surface area (Å²) in [5, 5.41) is 7.12. The van der Waals surface area contributed by atoms with E-state index in [0.717, 1.165) is 11.0 Å². The molecule has 0 saturated heterocycles. The van der Waals surface area contributed by atoms with Crippen molar-refractivity contribution in [3.63, 3.8) is 0 Å². The Hall–Kier alpha value is -3.84. The Kier molecular flexibility index (Phi) is 5.60. The highest BCUT2D eigenvalue weighted by Gasteiger charge is 2.51. The van der Waals surface area contributed by atoms with Crippen molar-refractivity contribution in [2.45, 2.75) is 31.5 Å². The zero-order valence-corrected chi connectivity index (χ0v) is 20.2. The number of aryl methyl sites for hydroxylation is 1. The first kappa shape index (κ1) is 19.4. The molecule has 36 heavy (non-hydrogen) atoms. The lowest BCUT2D eigenvalue weighted by Gasteiger charge is -2.18. The van der Waals surface area contributed by atoms with Crippen LogP contribution in [0.4, 0.5) is 11.4 Å². The molecule has 0 spiro atoms. The lowest BCUT2D eigenvalue weighted by molar-refractivity contribution is -0.120. The van der Waals surface area contributed by atoms with E-state index in [0.29, 0.717) is 36.0 Å². The van der Waals surface area contributed by atoms with Gasteiger partial charge in [-0.15, -0.1) is 0 Å². The molecule has 3 aromatic rings. The lowest BCUT2D eigenvalue weighted by Crippen LogP contribution is -2.29. The molecule has 12 nitrogen and oxygen atoms in total. The summed E-state index contributed by atoms with van der Waals surface area (Å²) >= 11 is 0. The van der Waals surface area contributed by atoms with Gasteiger partial charge in [-0.1, -0.05) is 12.9 Å². The second-order valence-corrected chi connectivity index (χ2v) is 9.38. The zero-order valence-electron chi connectivity index (χ0n) is 25.3. The minimum absolute atomic E-state index is 0.0115. The van der Waals surface area contributed by atoms with Crippen LogP contribution in [0.2, 0.25) is 0 Å². The van der Waals surface area contributed by atoms with Gasteiger partial charge < -0.3 is 15.8 Å². The minimum Gasteiger partial charge on any atom is -0.494 e. The summed E-state index contributed by atoms with van der Waals surface area (Å²) in [6, 6.07) is 6.43. The van der Waals surface area contributed by atoms with Crippen molar-refractivity contribution in [2.24, 2.45) is 12.7 Å². The molecular formula is C23H28N6O6S. The van der Waals surface area contributed by atoms with E-state index in [2.05, 4.69) is 20.4 Å². The average molecular weight is 523 g/mol. The highest BCUT2D eigenvalue weighted by Crippen LogP contribution is 2.48. The first-order chi connectivity index (χ1) is 19.2. The van der Waals surface area contributed by atoms with Crippen molar-refractivity contribution in [3.8, 4) is 17.1 Å². The molecule has 0 unspecified atom stereocenters. The van der Waals surface area contributed by atoms with E-state index in [4.69, 9.17) is 23.2 Å². The molecule has 0 radical (unpaired) electrons. The molecular weight excluding hydrogens is 488 g/mol. The Morgan fingerprint density at radius 3 is 2.58 bits per heavy atom. The molecule has 4 N–H and O–H groups in total. The van der Waals surface area contributed by atoms with Crippen LogP contribution in [0.25, 0.3) is 11.4 Å². The van der Waals surface area contributed by atoms with Crippen LogP contribution in [0.1, 0.15) is 50.4 Å². The number of ketones is 1. The molecule has 1 saturated carbocycles.